The molecule has 0 saturated carbocycles. The standard InChI is InChI=1S/C24H32N2O3S/c27-30(28,20-22-9-5-2-6-10-22)25-15-11-23(12-16-25)26(24-13-17-29-18-14-24)19-21-7-3-1-4-8-21/h1-10,23-24H,11-20H2. The topological polar surface area (TPSA) is 49.9 Å². The molecule has 2 heterocycles. The van der Waals surface area contributed by atoms with Crippen molar-refractivity contribution >= 4 is 10.0 Å². The Morgan fingerprint density at radius 2 is 1.33 bits per heavy atom. The lowest BCUT2D eigenvalue weighted by atomic mass is 9.97. The molecule has 0 N–H and O–H groups in total. The first-order valence-corrected chi connectivity index (χ1v) is 12.6. The van der Waals surface area contributed by atoms with Crippen molar-refractivity contribution in [2.75, 3.05) is 26.3 Å². The van der Waals surface area contributed by atoms with Gasteiger partial charge in [0.2, 0.25) is 10.0 Å². The van der Waals surface area contributed by atoms with Crippen molar-refractivity contribution in [3.05, 3.63) is 71.8 Å². The van der Waals surface area contributed by atoms with E-state index in [4.69, 9.17) is 4.74 Å². The van der Waals surface area contributed by atoms with Crippen molar-refractivity contribution in [1.82, 2.24) is 9.21 Å². The molecule has 6 heteroatoms. The van der Waals surface area contributed by atoms with Crippen LogP contribution >= 0.6 is 0 Å². The Kier molecular flexibility index (Phi) is 7.20. The Morgan fingerprint density at radius 1 is 0.800 bits per heavy atom. The molecule has 0 unspecified atom stereocenters. The van der Waals surface area contributed by atoms with Gasteiger partial charge < -0.3 is 4.74 Å². The lowest BCUT2D eigenvalue weighted by molar-refractivity contribution is 0.00254. The number of ether oxygens (including phenoxy) is 1. The van der Waals surface area contributed by atoms with E-state index in [1.165, 1.54) is 5.56 Å². The van der Waals surface area contributed by atoms with Crippen molar-refractivity contribution in [2.45, 2.75) is 50.1 Å². The fourth-order valence-corrected chi connectivity index (χ4v) is 6.26. The van der Waals surface area contributed by atoms with Gasteiger partial charge in [0.05, 0.1) is 5.75 Å². The highest BCUT2D eigenvalue weighted by atomic mass is 32.2. The van der Waals surface area contributed by atoms with Gasteiger partial charge in [-0.1, -0.05) is 60.7 Å². The number of hydrogen-bond acceptors (Lipinski definition) is 4. The summed E-state index contributed by atoms with van der Waals surface area (Å²) < 4.78 is 33.1. The van der Waals surface area contributed by atoms with Crippen LogP contribution in [0.15, 0.2) is 60.7 Å². The minimum atomic E-state index is -3.27. The number of rotatable bonds is 7. The molecule has 0 atom stereocenters. The summed E-state index contributed by atoms with van der Waals surface area (Å²) in [7, 11) is -3.27. The predicted octanol–water partition coefficient (Wildman–Crippen LogP) is 3.66. The van der Waals surface area contributed by atoms with E-state index in [0.29, 0.717) is 25.2 Å². The smallest absolute Gasteiger partial charge is 0.218 e. The second-order valence-electron chi connectivity index (χ2n) is 8.37. The summed E-state index contributed by atoms with van der Waals surface area (Å²) in [5.41, 5.74) is 2.18. The van der Waals surface area contributed by atoms with E-state index >= 15 is 0 Å². The van der Waals surface area contributed by atoms with Crippen molar-refractivity contribution in [3.63, 3.8) is 0 Å². The fourth-order valence-electron chi connectivity index (χ4n) is 4.70. The maximum atomic E-state index is 12.9. The van der Waals surface area contributed by atoms with Gasteiger partial charge >= 0.3 is 0 Å². The molecule has 2 fully saturated rings. The number of nitrogens with zero attached hydrogens (tertiary/aromatic N) is 2. The van der Waals surface area contributed by atoms with E-state index in [2.05, 4.69) is 35.2 Å². The Hall–Kier alpha value is -1.73. The molecule has 0 aromatic heterocycles. The van der Waals surface area contributed by atoms with Crippen LogP contribution in [-0.2, 0) is 27.1 Å². The van der Waals surface area contributed by atoms with Crippen LogP contribution in [0.3, 0.4) is 0 Å². The molecule has 2 aromatic rings. The summed E-state index contributed by atoms with van der Waals surface area (Å²) >= 11 is 0. The first-order chi connectivity index (χ1) is 14.6. The minimum Gasteiger partial charge on any atom is -0.381 e. The maximum absolute atomic E-state index is 12.9. The minimum absolute atomic E-state index is 0.0895. The number of piperidine rings is 1. The molecule has 4 rings (SSSR count). The molecular formula is C24H32N2O3S. The fraction of sp³-hybridized carbons (Fsp3) is 0.500. The third-order valence-electron chi connectivity index (χ3n) is 6.35. The van der Waals surface area contributed by atoms with E-state index < -0.39 is 10.0 Å². The van der Waals surface area contributed by atoms with Crippen LogP contribution in [0.5, 0.6) is 0 Å². The monoisotopic (exact) mass is 428 g/mol. The molecule has 0 bridgehead atoms. The van der Waals surface area contributed by atoms with Crippen LogP contribution in [-0.4, -0.2) is 56.0 Å². The van der Waals surface area contributed by atoms with Crippen LogP contribution in [0.2, 0.25) is 0 Å². The van der Waals surface area contributed by atoms with Crippen LogP contribution in [0.1, 0.15) is 36.8 Å². The van der Waals surface area contributed by atoms with Crippen LogP contribution in [0, 0.1) is 0 Å². The molecule has 30 heavy (non-hydrogen) atoms. The summed E-state index contributed by atoms with van der Waals surface area (Å²) in [5, 5.41) is 0. The van der Waals surface area contributed by atoms with Gasteiger partial charge in [0.15, 0.2) is 0 Å². The first-order valence-electron chi connectivity index (χ1n) is 11.0. The molecule has 162 valence electrons. The predicted molar refractivity (Wildman–Crippen MR) is 119 cm³/mol. The van der Waals surface area contributed by atoms with Gasteiger partial charge in [-0.05, 0) is 36.8 Å². The van der Waals surface area contributed by atoms with Crippen LogP contribution in [0.25, 0.3) is 0 Å². The zero-order valence-corrected chi connectivity index (χ0v) is 18.3. The molecular weight excluding hydrogens is 396 g/mol. The van der Waals surface area contributed by atoms with Gasteiger partial charge in [0.25, 0.3) is 0 Å². The second-order valence-corrected chi connectivity index (χ2v) is 10.3. The van der Waals surface area contributed by atoms with Gasteiger partial charge in [-0.25, -0.2) is 12.7 Å². The third-order valence-corrected chi connectivity index (χ3v) is 8.20. The zero-order valence-electron chi connectivity index (χ0n) is 17.5. The van der Waals surface area contributed by atoms with Gasteiger partial charge in [0.1, 0.15) is 0 Å². The van der Waals surface area contributed by atoms with E-state index in [1.807, 2.05) is 30.3 Å². The maximum Gasteiger partial charge on any atom is 0.218 e. The number of sulfonamides is 1. The molecule has 0 amide bonds. The molecule has 0 radical (unpaired) electrons. The van der Waals surface area contributed by atoms with Crippen molar-refractivity contribution in [2.24, 2.45) is 0 Å². The highest BCUT2D eigenvalue weighted by Crippen LogP contribution is 2.27. The van der Waals surface area contributed by atoms with E-state index in [-0.39, 0.29) is 5.75 Å². The Balaban J connectivity index is 1.41. The van der Waals surface area contributed by atoms with Gasteiger partial charge in [-0.3, -0.25) is 4.90 Å². The largest absolute Gasteiger partial charge is 0.381 e. The lowest BCUT2D eigenvalue weighted by Gasteiger charge is -2.43. The van der Waals surface area contributed by atoms with Crippen molar-refractivity contribution in [3.8, 4) is 0 Å². The van der Waals surface area contributed by atoms with E-state index in [0.717, 1.165) is 51.0 Å². The Morgan fingerprint density at radius 3 is 1.93 bits per heavy atom. The summed E-state index contributed by atoms with van der Waals surface area (Å²) in [4.78, 5) is 2.62. The van der Waals surface area contributed by atoms with Gasteiger partial charge in [-0.15, -0.1) is 0 Å². The number of hydrogen-bond donors (Lipinski definition) is 0. The molecule has 2 aliphatic rings. The first kappa shape index (κ1) is 21.5. The Labute approximate surface area is 180 Å². The summed E-state index contributed by atoms with van der Waals surface area (Å²) in [6.45, 7) is 3.77. The quantitative estimate of drug-likeness (QED) is 0.675. The summed E-state index contributed by atoms with van der Waals surface area (Å²) in [5.74, 6) is 0.0895. The van der Waals surface area contributed by atoms with E-state index in [1.54, 1.807) is 4.31 Å². The van der Waals surface area contributed by atoms with Gasteiger partial charge in [-0.2, -0.15) is 0 Å². The highest BCUT2D eigenvalue weighted by molar-refractivity contribution is 7.88. The normalized spacial score (nSPS) is 19.9. The molecule has 0 spiro atoms. The average molecular weight is 429 g/mol. The Bertz CT molecular complexity index is 875. The lowest BCUT2D eigenvalue weighted by Crippen LogP contribution is -2.51. The molecule has 2 saturated heterocycles. The average Bonchev–Trinajstić information content (AvgIpc) is 2.79. The third kappa shape index (κ3) is 5.49. The van der Waals surface area contributed by atoms with Gasteiger partial charge in [0, 0.05) is 44.9 Å². The molecule has 0 aliphatic carbocycles. The highest BCUT2D eigenvalue weighted by Gasteiger charge is 2.34. The zero-order chi connectivity index (χ0) is 20.8. The summed E-state index contributed by atoms with van der Waals surface area (Å²) in [6.07, 6.45) is 3.88. The molecule has 2 aromatic carbocycles. The molecule has 2 aliphatic heterocycles. The van der Waals surface area contributed by atoms with Crippen molar-refractivity contribution < 1.29 is 13.2 Å². The van der Waals surface area contributed by atoms with Crippen LogP contribution < -0.4 is 0 Å². The SMILES string of the molecule is O=S(=O)(Cc1ccccc1)N1CCC(N(Cc2ccccc2)C2CCOCC2)CC1. The van der Waals surface area contributed by atoms with Crippen molar-refractivity contribution in [1.29, 1.82) is 0 Å². The summed E-state index contributed by atoms with van der Waals surface area (Å²) in [6, 6.07) is 21.0. The number of benzene rings is 2. The second kappa shape index (κ2) is 10.1. The molecule has 5 nitrogen and oxygen atoms in total. The van der Waals surface area contributed by atoms with Crippen LogP contribution in [0.4, 0.5) is 0 Å². The van der Waals surface area contributed by atoms with E-state index in [9.17, 15) is 8.42 Å².